The lowest BCUT2D eigenvalue weighted by molar-refractivity contribution is -0.141. The van der Waals surface area contributed by atoms with Crippen molar-refractivity contribution in [2.75, 3.05) is 0 Å². The smallest absolute Gasteiger partial charge is 0.329 e. The normalized spacial score (nSPS) is 11.6. The Balaban J connectivity index is 4.56. The van der Waals surface area contributed by atoms with Gasteiger partial charge >= 0.3 is 5.97 Å². The largest absolute Gasteiger partial charge is 0.460 e. The van der Waals surface area contributed by atoms with E-state index in [-0.39, 0.29) is 12.1 Å². The van der Waals surface area contributed by atoms with E-state index in [1.54, 1.807) is 0 Å². The van der Waals surface area contributed by atoms with Crippen molar-refractivity contribution >= 4 is 14.8 Å². The topological polar surface area (TPSA) is 26.3 Å². The van der Waals surface area contributed by atoms with E-state index in [9.17, 15) is 4.79 Å². The van der Waals surface area contributed by atoms with E-state index in [0.29, 0.717) is 11.8 Å². The molecule has 0 aromatic rings. The second-order valence-corrected chi connectivity index (χ2v) is 8.97. The fourth-order valence-corrected chi connectivity index (χ4v) is 5.41. The molecule has 0 atom stereocenters. The van der Waals surface area contributed by atoms with Crippen LogP contribution in [0.3, 0.4) is 0 Å². The molecule has 0 fully saturated rings. The van der Waals surface area contributed by atoms with Gasteiger partial charge in [0, 0.05) is 5.20 Å². The van der Waals surface area contributed by atoms with Gasteiger partial charge < -0.3 is 4.74 Å². The maximum absolute atomic E-state index is 11.9. The molecule has 0 rings (SSSR count). The molecule has 0 heterocycles. The number of hydrogen-bond acceptors (Lipinski definition) is 2. The predicted molar refractivity (Wildman–Crippen MR) is 76.8 cm³/mol. The van der Waals surface area contributed by atoms with Crippen LogP contribution in [0.4, 0.5) is 0 Å². The maximum atomic E-state index is 11.9. The number of esters is 1. The molecule has 2 nitrogen and oxygen atoms in total. The Kier molecular flexibility index (Phi) is 7.44. The predicted octanol–water partition coefficient (Wildman–Crippen LogP) is 3.57. The molecule has 0 radical (unpaired) electrons. The minimum atomic E-state index is -1.23. The molecule has 0 aromatic heterocycles. The van der Waals surface area contributed by atoms with Crippen LogP contribution >= 0.6 is 0 Å². The minimum absolute atomic E-state index is 0.0491. The Morgan fingerprint density at radius 3 is 1.76 bits per heavy atom. The third-order valence-electron chi connectivity index (χ3n) is 2.61. The summed E-state index contributed by atoms with van der Waals surface area (Å²) in [6.07, 6.45) is -0.0491. The van der Waals surface area contributed by atoms with Gasteiger partial charge in [0.1, 0.15) is 0 Å². The van der Waals surface area contributed by atoms with Crippen LogP contribution in [0.1, 0.15) is 41.5 Å². The average Bonchev–Trinajstić information content (AvgIpc) is 2.12. The van der Waals surface area contributed by atoms with Crippen molar-refractivity contribution in [1.29, 1.82) is 0 Å². The van der Waals surface area contributed by atoms with Crippen LogP contribution in [0.25, 0.3) is 0 Å². The van der Waals surface area contributed by atoms with Gasteiger partial charge in [-0.3, -0.25) is 0 Å². The van der Waals surface area contributed by atoms with Gasteiger partial charge in [0.25, 0.3) is 0 Å². The highest BCUT2D eigenvalue weighted by atomic mass is 28.3. The monoisotopic (exact) mass is 256 g/mol. The summed E-state index contributed by atoms with van der Waals surface area (Å²) >= 11 is 0. The third-order valence-corrected chi connectivity index (χ3v) is 6.85. The lowest BCUT2D eigenvalue weighted by Crippen LogP contribution is -2.27. The van der Waals surface area contributed by atoms with Gasteiger partial charge in [-0.25, -0.2) is 4.79 Å². The standard InChI is InChI=1S/C14H28O2Si/c1-10(2)8-17(9-11(3)4)13(7)14(15)16-12(5)6/h10-12,17H,7-9H2,1-6H3. The molecule has 17 heavy (non-hydrogen) atoms. The summed E-state index contributed by atoms with van der Waals surface area (Å²) in [6, 6.07) is 2.29. The Labute approximate surface area is 108 Å². The molecule has 0 aliphatic carbocycles. The number of carbonyl (C=O) groups is 1. The fourth-order valence-electron chi connectivity index (χ4n) is 1.98. The van der Waals surface area contributed by atoms with Gasteiger partial charge in [-0.1, -0.05) is 46.4 Å². The van der Waals surface area contributed by atoms with E-state index < -0.39 is 8.80 Å². The molecular formula is C14H28O2Si. The van der Waals surface area contributed by atoms with E-state index in [1.165, 1.54) is 0 Å². The van der Waals surface area contributed by atoms with Crippen molar-refractivity contribution in [2.45, 2.75) is 59.7 Å². The highest BCUT2D eigenvalue weighted by Gasteiger charge is 2.24. The van der Waals surface area contributed by atoms with E-state index in [2.05, 4.69) is 34.3 Å². The summed E-state index contributed by atoms with van der Waals surface area (Å²) in [7, 11) is -1.23. The van der Waals surface area contributed by atoms with Gasteiger partial charge in [0.15, 0.2) is 0 Å². The molecule has 0 aromatic carbocycles. The molecule has 100 valence electrons. The Bertz CT molecular complexity index is 247. The third kappa shape index (κ3) is 7.37. The molecule has 3 heteroatoms. The number of ether oxygens (including phenoxy) is 1. The Hall–Kier alpha value is -0.573. The molecular weight excluding hydrogens is 228 g/mol. The van der Waals surface area contributed by atoms with Crippen LogP contribution in [0.5, 0.6) is 0 Å². The molecule has 0 bridgehead atoms. The highest BCUT2D eigenvalue weighted by molar-refractivity contribution is 6.71. The van der Waals surface area contributed by atoms with Crippen LogP contribution in [-0.4, -0.2) is 20.9 Å². The summed E-state index contributed by atoms with van der Waals surface area (Å²) in [5.74, 6) is 1.10. The summed E-state index contributed by atoms with van der Waals surface area (Å²) in [5, 5.41) is 0.779. The Morgan fingerprint density at radius 1 is 1.06 bits per heavy atom. The molecule has 0 amide bonds. The SMILES string of the molecule is C=C(C(=O)OC(C)C)[SiH](CC(C)C)CC(C)C. The average molecular weight is 256 g/mol. The maximum Gasteiger partial charge on any atom is 0.329 e. The zero-order valence-corrected chi connectivity index (χ0v) is 13.4. The van der Waals surface area contributed by atoms with Gasteiger partial charge in [-0.15, -0.1) is 0 Å². The van der Waals surface area contributed by atoms with Crippen molar-refractivity contribution in [2.24, 2.45) is 11.8 Å². The molecule has 0 aliphatic heterocycles. The quantitative estimate of drug-likeness (QED) is 0.395. The Morgan fingerprint density at radius 2 is 1.47 bits per heavy atom. The second kappa shape index (κ2) is 7.70. The molecule has 0 unspecified atom stereocenters. The highest BCUT2D eigenvalue weighted by Crippen LogP contribution is 2.20. The molecule has 0 aliphatic rings. The van der Waals surface area contributed by atoms with Crippen LogP contribution in [0.15, 0.2) is 11.8 Å². The first-order chi connectivity index (χ1) is 7.73. The van der Waals surface area contributed by atoms with E-state index in [0.717, 1.165) is 17.3 Å². The van der Waals surface area contributed by atoms with Crippen molar-refractivity contribution in [3.8, 4) is 0 Å². The summed E-state index contributed by atoms with van der Waals surface area (Å²) in [5.41, 5.74) is 0. The van der Waals surface area contributed by atoms with Crippen molar-refractivity contribution in [3.05, 3.63) is 11.8 Å². The summed E-state index contributed by atoms with van der Waals surface area (Å²) < 4.78 is 5.25. The molecule has 0 spiro atoms. The first-order valence-electron chi connectivity index (χ1n) is 6.63. The van der Waals surface area contributed by atoms with Gasteiger partial charge in [0.05, 0.1) is 14.9 Å². The van der Waals surface area contributed by atoms with Gasteiger partial charge in [0.2, 0.25) is 0 Å². The first kappa shape index (κ1) is 16.4. The number of hydrogen-bond donors (Lipinski definition) is 0. The van der Waals surface area contributed by atoms with Crippen molar-refractivity contribution in [1.82, 2.24) is 0 Å². The molecule has 0 N–H and O–H groups in total. The van der Waals surface area contributed by atoms with Crippen LogP contribution in [0.2, 0.25) is 12.1 Å². The van der Waals surface area contributed by atoms with E-state index >= 15 is 0 Å². The van der Waals surface area contributed by atoms with Crippen LogP contribution < -0.4 is 0 Å². The zero-order valence-electron chi connectivity index (χ0n) is 12.2. The van der Waals surface area contributed by atoms with Crippen molar-refractivity contribution < 1.29 is 9.53 Å². The summed E-state index contributed by atoms with van der Waals surface area (Å²) in [4.78, 5) is 11.9. The molecule has 0 saturated heterocycles. The van der Waals surface area contributed by atoms with Crippen LogP contribution in [-0.2, 0) is 9.53 Å². The number of carbonyl (C=O) groups excluding carboxylic acids is 1. The number of rotatable bonds is 7. The van der Waals surface area contributed by atoms with E-state index in [1.807, 2.05) is 13.8 Å². The molecule has 0 saturated carbocycles. The first-order valence-corrected chi connectivity index (χ1v) is 8.84. The lowest BCUT2D eigenvalue weighted by atomic mass is 10.3. The second-order valence-electron chi connectivity index (χ2n) is 5.94. The van der Waals surface area contributed by atoms with Crippen LogP contribution in [0, 0.1) is 11.8 Å². The van der Waals surface area contributed by atoms with E-state index in [4.69, 9.17) is 4.74 Å². The fraction of sp³-hybridized carbons (Fsp3) is 0.786. The lowest BCUT2D eigenvalue weighted by Gasteiger charge is -2.21. The zero-order chi connectivity index (χ0) is 13.6. The minimum Gasteiger partial charge on any atom is -0.460 e. The van der Waals surface area contributed by atoms with Gasteiger partial charge in [-0.2, -0.15) is 0 Å². The van der Waals surface area contributed by atoms with Gasteiger partial charge in [-0.05, 0) is 25.7 Å². The van der Waals surface area contributed by atoms with Crippen molar-refractivity contribution in [3.63, 3.8) is 0 Å². The summed E-state index contributed by atoms with van der Waals surface area (Å²) in [6.45, 7) is 16.6.